The number of hydrogen-bond donors (Lipinski definition) is 2. The van der Waals surface area contributed by atoms with E-state index in [0.717, 1.165) is 0 Å². The van der Waals surface area contributed by atoms with Crippen LogP contribution in [0.1, 0.15) is 47.3 Å². The lowest BCUT2D eigenvalue weighted by atomic mass is 9.96. The zero-order valence-corrected chi connectivity index (χ0v) is 15.3. The van der Waals surface area contributed by atoms with Gasteiger partial charge in [-0.3, -0.25) is 9.59 Å². The highest BCUT2D eigenvalue weighted by atomic mass is 16.5. The topological polar surface area (TPSA) is 111 Å². The minimum Gasteiger partial charge on any atom is -0.366 e. The van der Waals surface area contributed by atoms with Crippen LogP contribution in [0.25, 0.3) is 11.5 Å². The van der Waals surface area contributed by atoms with Gasteiger partial charge in [0.25, 0.3) is 11.8 Å². The molecule has 7 nitrogen and oxygen atoms in total. The van der Waals surface area contributed by atoms with Crippen molar-refractivity contribution in [1.29, 1.82) is 0 Å². The maximum Gasteiger partial charge on any atom is 0.258 e. The van der Waals surface area contributed by atoms with E-state index in [0.29, 0.717) is 28.2 Å². The van der Waals surface area contributed by atoms with E-state index in [1.807, 2.05) is 20.8 Å². The third-order valence-electron chi connectivity index (χ3n) is 3.93. The van der Waals surface area contributed by atoms with Gasteiger partial charge in [0.05, 0.1) is 11.1 Å². The quantitative estimate of drug-likeness (QED) is 0.737. The predicted octanol–water partition coefficient (Wildman–Crippen LogP) is 3.39. The molecule has 3 N–H and O–H groups in total. The van der Waals surface area contributed by atoms with Crippen molar-refractivity contribution in [3.05, 3.63) is 65.5 Å². The van der Waals surface area contributed by atoms with Gasteiger partial charge in [-0.1, -0.05) is 38.1 Å². The first-order chi connectivity index (χ1) is 12.8. The number of carbonyl (C=O) groups excluding carboxylic acids is 2. The zero-order valence-electron chi connectivity index (χ0n) is 15.3. The summed E-state index contributed by atoms with van der Waals surface area (Å²) in [5, 5.41) is 6.80. The molecule has 1 heterocycles. The molecular weight excluding hydrogens is 344 g/mol. The van der Waals surface area contributed by atoms with Crippen LogP contribution < -0.4 is 11.1 Å². The van der Waals surface area contributed by atoms with Crippen LogP contribution in [-0.4, -0.2) is 22.0 Å². The van der Waals surface area contributed by atoms with Crippen LogP contribution in [0.2, 0.25) is 0 Å². The minimum atomic E-state index is -0.524. The van der Waals surface area contributed by atoms with Crippen LogP contribution in [0.3, 0.4) is 0 Å². The molecule has 0 saturated carbocycles. The Morgan fingerprint density at radius 3 is 2.30 bits per heavy atom. The third kappa shape index (κ3) is 4.03. The lowest BCUT2D eigenvalue weighted by Crippen LogP contribution is -2.14. The Labute approximate surface area is 156 Å². The van der Waals surface area contributed by atoms with E-state index in [9.17, 15) is 9.59 Å². The average Bonchev–Trinajstić information content (AvgIpc) is 3.12. The molecule has 0 saturated heterocycles. The number of amides is 2. The van der Waals surface area contributed by atoms with E-state index in [2.05, 4.69) is 15.5 Å². The van der Waals surface area contributed by atoms with E-state index in [1.54, 1.807) is 48.5 Å². The highest BCUT2D eigenvalue weighted by Gasteiger charge is 2.23. The molecule has 2 amide bonds. The Morgan fingerprint density at radius 1 is 1.04 bits per heavy atom. The van der Waals surface area contributed by atoms with Crippen molar-refractivity contribution in [2.45, 2.75) is 26.2 Å². The summed E-state index contributed by atoms with van der Waals surface area (Å²) in [4.78, 5) is 28.3. The Kier molecular flexibility index (Phi) is 4.77. The van der Waals surface area contributed by atoms with Crippen LogP contribution in [0, 0.1) is 0 Å². The number of nitrogens with two attached hydrogens (primary N) is 1. The molecule has 0 bridgehead atoms. The van der Waals surface area contributed by atoms with Gasteiger partial charge in [-0.25, -0.2) is 0 Å². The van der Waals surface area contributed by atoms with Gasteiger partial charge < -0.3 is 15.6 Å². The van der Waals surface area contributed by atoms with E-state index >= 15 is 0 Å². The maximum atomic E-state index is 12.7. The van der Waals surface area contributed by atoms with Crippen LogP contribution in [0.4, 0.5) is 5.69 Å². The molecule has 2 aromatic carbocycles. The van der Waals surface area contributed by atoms with Gasteiger partial charge in [0.2, 0.25) is 5.91 Å². The number of nitrogens with one attached hydrogen (secondary N) is 1. The van der Waals surface area contributed by atoms with Crippen molar-refractivity contribution in [3.63, 3.8) is 0 Å². The molecule has 0 aliphatic rings. The fourth-order valence-electron chi connectivity index (χ4n) is 2.42. The first-order valence-corrected chi connectivity index (χ1v) is 8.40. The zero-order chi connectivity index (χ0) is 19.6. The Hall–Kier alpha value is -3.48. The van der Waals surface area contributed by atoms with Gasteiger partial charge in [-0.15, -0.1) is 0 Å². The van der Waals surface area contributed by atoms with Gasteiger partial charge in [-0.2, -0.15) is 4.98 Å². The monoisotopic (exact) mass is 364 g/mol. The summed E-state index contributed by atoms with van der Waals surface area (Å²) in [6.07, 6.45) is 0. The van der Waals surface area contributed by atoms with Crippen molar-refractivity contribution in [1.82, 2.24) is 10.1 Å². The number of aromatic nitrogens is 2. The Bertz CT molecular complexity index is 985. The molecule has 3 aromatic rings. The van der Waals surface area contributed by atoms with E-state index in [-0.39, 0.29) is 17.2 Å². The highest BCUT2D eigenvalue weighted by Crippen LogP contribution is 2.26. The molecule has 1 aromatic heterocycles. The van der Waals surface area contributed by atoms with Gasteiger partial charge in [0.15, 0.2) is 5.82 Å². The molecule has 0 atom stereocenters. The first kappa shape index (κ1) is 18.3. The molecule has 0 unspecified atom stereocenters. The summed E-state index contributed by atoms with van der Waals surface area (Å²) in [6, 6.07) is 13.3. The molecule has 0 fully saturated rings. The molecule has 0 radical (unpaired) electrons. The third-order valence-corrected chi connectivity index (χ3v) is 3.93. The summed E-state index contributed by atoms with van der Waals surface area (Å²) in [6.45, 7) is 5.95. The van der Waals surface area contributed by atoms with Gasteiger partial charge in [-0.05, 0) is 36.4 Å². The second kappa shape index (κ2) is 7.03. The molecule has 138 valence electrons. The molecule has 3 rings (SSSR count). The maximum absolute atomic E-state index is 12.7. The lowest BCUT2D eigenvalue weighted by Gasteiger charge is -2.11. The fourth-order valence-corrected chi connectivity index (χ4v) is 2.42. The van der Waals surface area contributed by atoms with Gasteiger partial charge in [0, 0.05) is 16.7 Å². The number of nitrogens with zero attached hydrogens (tertiary/aromatic N) is 2. The second-order valence-corrected chi connectivity index (χ2v) is 7.11. The smallest absolute Gasteiger partial charge is 0.258 e. The van der Waals surface area contributed by atoms with Gasteiger partial charge >= 0.3 is 0 Å². The number of hydrogen-bond acceptors (Lipinski definition) is 5. The van der Waals surface area contributed by atoms with Crippen molar-refractivity contribution < 1.29 is 14.1 Å². The second-order valence-electron chi connectivity index (χ2n) is 7.11. The normalized spacial score (nSPS) is 11.2. The number of benzene rings is 2. The highest BCUT2D eigenvalue weighted by molar-refractivity contribution is 6.08. The summed E-state index contributed by atoms with van der Waals surface area (Å²) in [5.41, 5.74) is 6.82. The summed E-state index contributed by atoms with van der Waals surface area (Å²) < 4.78 is 5.37. The predicted molar refractivity (Wildman–Crippen MR) is 101 cm³/mol. The SMILES string of the molecule is CC(C)(C)c1noc(-c2ccccc2C(=O)Nc2ccc(C(N)=O)cc2)n1. The number of rotatable bonds is 4. The molecule has 0 aliphatic heterocycles. The van der Waals surface area contributed by atoms with Crippen molar-refractivity contribution >= 4 is 17.5 Å². The van der Waals surface area contributed by atoms with E-state index < -0.39 is 5.91 Å². The van der Waals surface area contributed by atoms with Crippen LogP contribution in [-0.2, 0) is 5.41 Å². The lowest BCUT2D eigenvalue weighted by molar-refractivity contribution is 0.0998. The largest absolute Gasteiger partial charge is 0.366 e. The van der Waals surface area contributed by atoms with Crippen LogP contribution in [0.15, 0.2) is 53.1 Å². The van der Waals surface area contributed by atoms with Crippen molar-refractivity contribution in [2.75, 3.05) is 5.32 Å². The summed E-state index contributed by atoms with van der Waals surface area (Å²) in [5.74, 6) is 0.00158. The number of primary amides is 1. The minimum absolute atomic E-state index is 0.263. The number of anilines is 1. The Morgan fingerprint density at radius 2 is 1.70 bits per heavy atom. The molecule has 0 aliphatic carbocycles. The summed E-state index contributed by atoms with van der Waals surface area (Å²) >= 11 is 0. The molecular formula is C20H20N4O3. The molecule has 7 heteroatoms. The average molecular weight is 364 g/mol. The molecule has 27 heavy (non-hydrogen) atoms. The van der Waals surface area contributed by atoms with E-state index in [4.69, 9.17) is 10.3 Å². The van der Waals surface area contributed by atoms with Crippen LogP contribution in [0.5, 0.6) is 0 Å². The standard InChI is InChI=1S/C20H20N4O3/c1-20(2,3)19-23-18(27-24-19)15-7-5-4-6-14(15)17(26)22-13-10-8-12(9-11-13)16(21)25/h4-11H,1-3H3,(H2,21,25)(H,22,26). The van der Waals surface area contributed by atoms with Gasteiger partial charge in [0.1, 0.15) is 0 Å². The van der Waals surface area contributed by atoms with E-state index in [1.165, 1.54) is 0 Å². The van der Waals surface area contributed by atoms with Crippen LogP contribution >= 0.6 is 0 Å². The van der Waals surface area contributed by atoms with Crippen molar-refractivity contribution in [3.8, 4) is 11.5 Å². The Balaban J connectivity index is 1.88. The fraction of sp³-hybridized carbons (Fsp3) is 0.200. The molecule has 0 spiro atoms. The van der Waals surface area contributed by atoms with Crippen molar-refractivity contribution in [2.24, 2.45) is 5.73 Å². The number of carbonyl (C=O) groups is 2. The summed E-state index contributed by atoms with van der Waals surface area (Å²) in [7, 11) is 0. The first-order valence-electron chi connectivity index (χ1n) is 8.40.